The average Bonchev–Trinajstić information content (AvgIpc) is 3.48. The first-order chi connectivity index (χ1) is 15.2. The van der Waals surface area contributed by atoms with E-state index in [2.05, 4.69) is 15.3 Å². The minimum absolute atomic E-state index is 0.130. The van der Waals surface area contributed by atoms with Crippen molar-refractivity contribution in [1.82, 2.24) is 15.0 Å². The summed E-state index contributed by atoms with van der Waals surface area (Å²) in [6.07, 6.45) is 1.66. The maximum absolute atomic E-state index is 12.3. The number of rotatable bonds is 8. The van der Waals surface area contributed by atoms with E-state index < -0.39 is 0 Å². The molecule has 4 aromatic rings. The SMILES string of the molecule is COc1ccc(-c2nc(SCC(=O)Nc3nccs3)c(-c3ccccc3)[nH]2)cc1OC. The van der Waals surface area contributed by atoms with Crippen molar-refractivity contribution in [3.05, 3.63) is 60.1 Å². The summed E-state index contributed by atoms with van der Waals surface area (Å²) in [4.78, 5) is 24.6. The van der Waals surface area contributed by atoms with Crippen LogP contribution in [-0.4, -0.2) is 40.8 Å². The van der Waals surface area contributed by atoms with Gasteiger partial charge in [-0.05, 0) is 18.2 Å². The van der Waals surface area contributed by atoms with Crippen LogP contribution < -0.4 is 14.8 Å². The van der Waals surface area contributed by atoms with Crippen molar-refractivity contribution >= 4 is 34.1 Å². The van der Waals surface area contributed by atoms with Gasteiger partial charge in [0.1, 0.15) is 10.9 Å². The van der Waals surface area contributed by atoms with Gasteiger partial charge in [-0.15, -0.1) is 11.3 Å². The van der Waals surface area contributed by atoms with Gasteiger partial charge in [-0.1, -0.05) is 42.1 Å². The molecule has 0 aliphatic heterocycles. The van der Waals surface area contributed by atoms with Gasteiger partial charge in [0.2, 0.25) is 5.91 Å². The number of carbonyl (C=O) groups excluding carboxylic acids is 1. The molecule has 0 bridgehead atoms. The topological polar surface area (TPSA) is 89.1 Å². The number of carbonyl (C=O) groups is 1. The van der Waals surface area contributed by atoms with Crippen molar-refractivity contribution in [3.8, 4) is 34.1 Å². The van der Waals surface area contributed by atoms with Crippen LogP contribution in [0.4, 0.5) is 5.13 Å². The third-order valence-electron chi connectivity index (χ3n) is 4.41. The summed E-state index contributed by atoms with van der Waals surface area (Å²) in [6.45, 7) is 0. The summed E-state index contributed by atoms with van der Waals surface area (Å²) < 4.78 is 10.7. The van der Waals surface area contributed by atoms with Crippen molar-refractivity contribution < 1.29 is 14.3 Å². The fraction of sp³-hybridized carbons (Fsp3) is 0.136. The van der Waals surface area contributed by atoms with E-state index in [1.807, 2.05) is 53.9 Å². The predicted octanol–water partition coefficient (Wildman–Crippen LogP) is 4.95. The highest BCUT2D eigenvalue weighted by molar-refractivity contribution is 8.00. The number of benzene rings is 2. The molecule has 0 atom stereocenters. The number of aromatic amines is 1. The molecule has 0 radical (unpaired) electrons. The zero-order valence-electron chi connectivity index (χ0n) is 16.9. The zero-order chi connectivity index (χ0) is 21.6. The van der Waals surface area contributed by atoms with E-state index in [4.69, 9.17) is 14.5 Å². The quantitative estimate of drug-likeness (QED) is 0.368. The molecule has 2 N–H and O–H groups in total. The van der Waals surface area contributed by atoms with Gasteiger partial charge < -0.3 is 19.8 Å². The minimum atomic E-state index is -0.130. The Bertz CT molecular complexity index is 1160. The number of hydrogen-bond donors (Lipinski definition) is 2. The lowest BCUT2D eigenvalue weighted by Gasteiger charge is -2.08. The Morgan fingerprint density at radius 3 is 2.61 bits per heavy atom. The maximum Gasteiger partial charge on any atom is 0.236 e. The van der Waals surface area contributed by atoms with Gasteiger partial charge in [-0.25, -0.2) is 9.97 Å². The Hall–Kier alpha value is -3.30. The molecule has 2 heterocycles. The van der Waals surface area contributed by atoms with Crippen molar-refractivity contribution in [2.75, 3.05) is 25.3 Å². The lowest BCUT2D eigenvalue weighted by molar-refractivity contribution is -0.113. The van der Waals surface area contributed by atoms with Crippen LogP contribution in [0.1, 0.15) is 0 Å². The molecule has 0 fully saturated rings. The van der Waals surface area contributed by atoms with E-state index in [0.29, 0.717) is 22.5 Å². The van der Waals surface area contributed by atoms with Gasteiger partial charge >= 0.3 is 0 Å². The van der Waals surface area contributed by atoms with Crippen LogP contribution in [0.25, 0.3) is 22.6 Å². The summed E-state index contributed by atoms with van der Waals surface area (Å²) in [5.41, 5.74) is 2.70. The van der Waals surface area contributed by atoms with Crippen LogP contribution >= 0.6 is 23.1 Å². The third-order valence-corrected chi connectivity index (χ3v) is 6.07. The van der Waals surface area contributed by atoms with Crippen LogP contribution in [0.3, 0.4) is 0 Å². The fourth-order valence-electron chi connectivity index (χ4n) is 2.96. The molecule has 2 aromatic carbocycles. The van der Waals surface area contributed by atoms with Crippen LogP contribution in [0, 0.1) is 0 Å². The number of thiazole rings is 1. The number of imidazole rings is 1. The highest BCUT2D eigenvalue weighted by atomic mass is 32.2. The average molecular weight is 453 g/mol. The zero-order valence-corrected chi connectivity index (χ0v) is 18.5. The second kappa shape index (κ2) is 9.67. The van der Waals surface area contributed by atoms with E-state index in [0.717, 1.165) is 21.8 Å². The van der Waals surface area contributed by atoms with Gasteiger partial charge in [0.25, 0.3) is 0 Å². The normalized spacial score (nSPS) is 10.6. The number of thioether (sulfide) groups is 1. The van der Waals surface area contributed by atoms with Gasteiger partial charge in [0.05, 0.1) is 25.7 Å². The molecular formula is C22H20N4O3S2. The summed E-state index contributed by atoms with van der Waals surface area (Å²) in [6, 6.07) is 15.5. The van der Waals surface area contributed by atoms with Crippen molar-refractivity contribution in [2.24, 2.45) is 0 Å². The molecule has 0 unspecified atom stereocenters. The highest BCUT2D eigenvalue weighted by Gasteiger charge is 2.17. The second-order valence-corrected chi connectivity index (χ2v) is 8.23. The molecule has 31 heavy (non-hydrogen) atoms. The first-order valence-electron chi connectivity index (χ1n) is 9.38. The molecule has 7 nitrogen and oxygen atoms in total. The Morgan fingerprint density at radius 2 is 1.90 bits per heavy atom. The Kier molecular flexibility index (Phi) is 6.54. The molecule has 2 aromatic heterocycles. The fourth-order valence-corrected chi connectivity index (χ4v) is 4.31. The summed E-state index contributed by atoms with van der Waals surface area (Å²) in [5, 5.41) is 5.94. The second-order valence-electron chi connectivity index (χ2n) is 6.38. The molecule has 4 rings (SSSR count). The van der Waals surface area contributed by atoms with Gasteiger partial charge in [0, 0.05) is 22.7 Å². The molecule has 9 heteroatoms. The number of H-pyrrole nitrogens is 1. The number of nitrogens with zero attached hydrogens (tertiary/aromatic N) is 2. The Morgan fingerprint density at radius 1 is 1.10 bits per heavy atom. The number of aromatic nitrogens is 3. The lowest BCUT2D eigenvalue weighted by Crippen LogP contribution is -2.13. The molecule has 0 saturated carbocycles. The lowest BCUT2D eigenvalue weighted by atomic mass is 10.2. The summed E-state index contributed by atoms with van der Waals surface area (Å²) in [7, 11) is 3.20. The van der Waals surface area contributed by atoms with Gasteiger partial charge in [0.15, 0.2) is 16.6 Å². The van der Waals surface area contributed by atoms with E-state index in [1.165, 1.54) is 23.1 Å². The number of methoxy groups -OCH3 is 2. The van der Waals surface area contributed by atoms with Crippen LogP contribution in [0.5, 0.6) is 11.5 Å². The van der Waals surface area contributed by atoms with Crippen LogP contribution in [0.2, 0.25) is 0 Å². The minimum Gasteiger partial charge on any atom is -0.493 e. The van der Waals surface area contributed by atoms with E-state index in [-0.39, 0.29) is 11.7 Å². The Labute approximate surface area is 187 Å². The first kappa shape index (κ1) is 21.0. The monoisotopic (exact) mass is 452 g/mol. The van der Waals surface area contributed by atoms with E-state index in [9.17, 15) is 4.79 Å². The Balaban J connectivity index is 1.62. The molecular weight excluding hydrogens is 432 g/mol. The van der Waals surface area contributed by atoms with Crippen molar-refractivity contribution in [2.45, 2.75) is 5.03 Å². The molecule has 0 aliphatic rings. The number of nitrogens with one attached hydrogen (secondary N) is 2. The van der Waals surface area contributed by atoms with Gasteiger partial charge in [-0.3, -0.25) is 4.79 Å². The first-order valence-corrected chi connectivity index (χ1v) is 11.2. The van der Waals surface area contributed by atoms with Gasteiger partial charge in [-0.2, -0.15) is 0 Å². The number of amides is 1. The van der Waals surface area contributed by atoms with Crippen LogP contribution in [-0.2, 0) is 4.79 Å². The summed E-state index contributed by atoms with van der Waals surface area (Å²) >= 11 is 2.76. The van der Waals surface area contributed by atoms with Crippen LogP contribution in [0.15, 0.2) is 65.1 Å². The molecule has 0 spiro atoms. The van der Waals surface area contributed by atoms with Crippen molar-refractivity contribution in [1.29, 1.82) is 0 Å². The van der Waals surface area contributed by atoms with E-state index >= 15 is 0 Å². The molecule has 0 aliphatic carbocycles. The standard InChI is InChI=1S/C22H20N4O3S2/c1-28-16-9-8-15(12-17(16)29-2)20-25-19(14-6-4-3-5-7-14)21(26-20)31-13-18(27)24-22-23-10-11-30-22/h3-12H,13H2,1-2H3,(H,25,26)(H,23,24,27). The largest absolute Gasteiger partial charge is 0.493 e. The number of anilines is 1. The van der Waals surface area contributed by atoms with E-state index in [1.54, 1.807) is 20.4 Å². The number of hydrogen-bond acceptors (Lipinski definition) is 7. The molecule has 0 saturated heterocycles. The highest BCUT2D eigenvalue weighted by Crippen LogP contribution is 2.35. The number of ether oxygens (including phenoxy) is 2. The smallest absolute Gasteiger partial charge is 0.236 e. The van der Waals surface area contributed by atoms with Crippen molar-refractivity contribution in [3.63, 3.8) is 0 Å². The molecule has 1 amide bonds. The third kappa shape index (κ3) is 4.89. The maximum atomic E-state index is 12.3. The predicted molar refractivity (Wildman–Crippen MR) is 124 cm³/mol. The molecule has 158 valence electrons. The summed E-state index contributed by atoms with van der Waals surface area (Å²) in [5.74, 6) is 2.04.